The number of hydrogen-bond acceptors (Lipinski definition) is 5. The van der Waals surface area contributed by atoms with Crippen LogP contribution in [0.1, 0.15) is 28.7 Å². The van der Waals surface area contributed by atoms with Crippen molar-refractivity contribution in [2.75, 3.05) is 33.3 Å². The third kappa shape index (κ3) is 4.86. The highest BCUT2D eigenvalue weighted by atomic mass is 16.5. The van der Waals surface area contributed by atoms with E-state index in [1.54, 1.807) is 13.2 Å². The number of hydrogen-bond donors (Lipinski definition) is 0. The number of fused-ring (bicyclic) bond motifs is 1. The van der Waals surface area contributed by atoms with E-state index in [4.69, 9.17) is 9.15 Å². The lowest BCUT2D eigenvalue weighted by atomic mass is 10.0. The molecule has 4 rings (SSSR count). The number of ether oxygens (including phenoxy) is 1. The molecule has 0 atom stereocenters. The number of rotatable bonds is 6. The van der Waals surface area contributed by atoms with Gasteiger partial charge in [-0.05, 0) is 43.5 Å². The lowest BCUT2D eigenvalue weighted by Gasteiger charge is -2.35. The average molecular weight is 435 g/mol. The number of benzene rings is 2. The van der Waals surface area contributed by atoms with E-state index < -0.39 is 0 Å². The Labute approximate surface area is 188 Å². The fourth-order valence-electron chi connectivity index (χ4n) is 4.40. The first-order chi connectivity index (χ1) is 15.4. The lowest BCUT2D eigenvalue weighted by Crippen LogP contribution is -2.48. The first kappa shape index (κ1) is 22.1. The molecule has 1 fully saturated rings. The van der Waals surface area contributed by atoms with Gasteiger partial charge in [-0.1, -0.05) is 29.8 Å². The van der Waals surface area contributed by atoms with Crippen LogP contribution in [0.3, 0.4) is 0 Å². The van der Waals surface area contributed by atoms with Gasteiger partial charge in [0.2, 0.25) is 5.91 Å². The van der Waals surface area contributed by atoms with Crippen LogP contribution < -0.4 is 10.4 Å². The van der Waals surface area contributed by atoms with E-state index in [9.17, 15) is 9.59 Å². The minimum Gasteiger partial charge on any atom is -0.497 e. The van der Waals surface area contributed by atoms with Crippen LogP contribution in [0.15, 0.2) is 51.7 Å². The topological polar surface area (TPSA) is 63.0 Å². The Morgan fingerprint density at radius 2 is 1.84 bits per heavy atom. The predicted octanol–water partition coefficient (Wildman–Crippen LogP) is 3.70. The molecule has 1 aliphatic rings. The van der Waals surface area contributed by atoms with Crippen LogP contribution in [-0.2, 0) is 17.8 Å². The summed E-state index contributed by atoms with van der Waals surface area (Å²) in [5.74, 6) is 0.735. The molecule has 0 N–H and O–H groups in total. The number of methoxy groups -OCH3 is 1. The summed E-state index contributed by atoms with van der Waals surface area (Å²) in [4.78, 5) is 29.6. The van der Waals surface area contributed by atoms with E-state index in [0.29, 0.717) is 29.7 Å². The number of carbonyl (C=O) groups is 1. The quantitative estimate of drug-likeness (QED) is 0.554. The van der Waals surface area contributed by atoms with Crippen LogP contribution in [0.4, 0.5) is 0 Å². The van der Waals surface area contributed by atoms with Gasteiger partial charge >= 0.3 is 5.63 Å². The maximum Gasteiger partial charge on any atom is 0.339 e. The van der Waals surface area contributed by atoms with Crippen molar-refractivity contribution in [1.82, 2.24) is 9.80 Å². The predicted molar refractivity (Wildman–Crippen MR) is 125 cm³/mol. The average Bonchev–Trinajstić information content (AvgIpc) is 2.79. The standard InChI is InChI=1S/C26H30N2O4/c1-18-5-4-6-20(15-18)17-27-11-13-28(14-12-27)25(29)10-9-23-19(2)22-8-7-21(31-3)16-24(22)32-26(23)30/h4-8,15-16H,9-14,17H2,1-3H3. The second-order valence-corrected chi connectivity index (χ2v) is 8.50. The summed E-state index contributed by atoms with van der Waals surface area (Å²) in [6.45, 7) is 8.08. The van der Waals surface area contributed by atoms with Gasteiger partial charge < -0.3 is 14.1 Å². The van der Waals surface area contributed by atoms with Crippen molar-refractivity contribution in [1.29, 1.82) is 0 Å². The number of carbonyl (C=O) groups excluding carboxylic acids is 1. The van der Waals surface area contributed by atoms with Gasteiger partial charge in [0, 0.05) is 56.2 Å². The summed E-state index contributed by atoms with van der Waals surface area (Å²) in [7, 11) is 1.58. The summed E-state index contributed by atoms with van der Waals surface area (Å²) in [6.07, 6.45) is 0.698. The molecule has 3 aromatic rings. The van der Waals surface area contributed by atoms with Gasteiger partial charge in [-0.15, -0.1) is 0 Å². The summed E-state index contributed by atoms with van der Waals surface area (Å²) in [5.41, 5.74) is 4.15. The van der Waals surface area contributed by atoms with E-state index in [1.807, 2.05) is 24.0 Å². The van der Waals surface area contributed by atoms with E-state index in [0.717, 1.165) is 43.7 Å². The maximum absolute atomic E-state index is 12.8. The minimum atomic E-state index is -0.376. The van der Waals surface area contributed by atoms with Gasteiger partial charge in [0.25, 0.3) is 0 Å². The van der Waals surface area contributed by atoms with Crippen LogP contribution >= 0.6 is 0 Å². The Hall–Kier alpha value is -3.12. The Bertz CT molecular complexity index is 1180. The van der Waals surface area contributed by atoms with E-state index >= 15 is 0 Å². The zero-order valence-corrected chi connectivity index (χ0v) is 19.0. The van der Waals surface area contributed by atoms with E-state index in [2.05, 4.69) is 36.1 Å². The molecule has 0 aliphatic carbocycles. The van der Waals surface area contributed by atoms with Crippen molar-refractivity contribution >= 4 is 16.9 Å². The fraction of sp³-hybridized carbons (Fsp3) is 0.385. The molecule has 2 aromatic carbocycles. The van der Waals surface area contributed by atoms with Gasteiger partial charge in [-0.2, -0.15) is 0 Å². The van der Waals surface area contributed by atoms with Crippen LogP contribution in [-0.4, -0.2) is 49.0 Å². The molecule has 6 nitrogen and oxygen atoms in total. The molecule has 168 valence electrons. The van der Waals surface area contributed by atoms with Crippen molar-refractivity contribution in [3.05, 3.63) is 75.1 Å². The largest absolute Gasteiger partial charge is 0.497 e. The molecular weight excluding hydrogens is 404 g/mol. The van der Waals surface area contributed by atoms with Crippen LogP contribution in [0.5, 0.6) is 5.75 Å². The Kier molecular flexibility index (Phi) is 6.61. The fourth-order valence-corrected chi connectivity index (χ4v) is 4.40. The molecule has 0 unspecified atom stereocenters. The monoisotopic (exact) mass is 434 g/mol. The van der Waals surface area contributed by atoms with Gasteiger partial charge in [0.1, 0.15) is 11.3 Å². The third-order valence-electron chi connectivity index (χ3n) is 6.30. The highest BCUT2D eigenvalue weighted by Crippen LogP contribution is 2.24. The number of aryl methyl sites for hydroxylation is 2. The van der Waals surface area contributed by atoms with Crippen molar-refractivity contribution in [3.63, 3.8) is 0 Å². The van der Waals surface area contributed by atoms with Gasteiger partial charge in [0.15, 0.2) is 0 Å². The number of nitrogens with zero attached hydrogens (tertiary/aromatic N) is 2. The zero-order chi connectivity index (χ0) is 22.7. The maximum atomic E-state index is 12.8. The summed E-state index contributed by atoms with van der Waals surface area (Å²) >= 11 is 0. The molecular formula is C26H30N2O4. The Balaban J connectivity index is 1.35. The minimum absolute atomic E-state index is 0.0915. The molecule has 0 spiro atoms. The van der Waals surface area contributed by atoms with Gasteiger partial charge in [-0.25, -0.2) is 4.79 Å². The van der Waals surface area contributed by atoms with Gasteiger partial charge in [-0.3, -0.25) is 9.69 Å². The SMILES string of the molecule is COc1ccc2c(C)c(CCC(=O)N3CCN(Cc4cccc(C)c4)CC3)c(=O)oc2c1. The molecule has 0 bridgehead atoms. The second kappa shape index (κ2) is 9.57. The molecule has 1 aromatic heterocycles. The zero-order valence-electron chi connectivity index (χ0n) is 19.0. The van der Waals surface area contributed by atoms with E-state index in [1.165, 1.54) is 11.1 Å². The highest BCUT2D eigenvalue weighted by molar-refractivity contribution is 5.82. The third-order valence-corrected chi connectivity index (χ3v) is 6.30. The molecule has 1 saturated heterocycles. The summed E-state index contributed by atoms with van der Waals surface area (Å²) in [5, 5.41) is 0.873. The normalized spacial score (nSPS) is 14.7. The molecule has 0 saturated carbocycles. The summed E-state index contributed by atoms with van der Waals surface area (Å²) < 4.78 is 10.7. The first-order valence-electron chi connectivity index (χ1n) is 11.1. The first-order valence-corrected chi connectivity index (χ1v) is 11.1. The molecule has 1 aliphatic heterocycles. The van der Waals surface area contributed by atoms with Crippen molar-refractivity contribution < 1.29 is 13.9 Å². The molecule has 6 heteroatoms. The van der Waals surface area contributed by atoms with Crippen LogP contribution in [0.25, 0.3) is 11.0 Å². The number of amides is 1. The van der Waals surface area contributed by atoms with Crippen molar-refractivity contribution in [3.8, 4) is 5.75 Å². The Morgan fingerprint density at radius 3 is 2.56 bits per heavy atom. The summed E-state index contributed by atoms with van der Waals surface area (Å²) in [6, 6.07) is 14.0. The molecule has 2 heterocycles. The van der Waals surface area contributed by atoms with Crippen LogP contribution in [0, 0.1) is 13.8 Å². The Morgan fingerprint density at radius 1 is 1.06 bits per heavy atom. The van der Waals surface area contributed by atoms with Crippen molar-refractivity contribution in [2.45, 2.75) is 33.2 Å². The molecule has 1 amide bonds. The molecule has 32 heavy (non-hydrogen) atoms. The van der Waals surface area contributed by atoms with Crippen LogP contribution in [0.2, 0.25) is 0 Å². The van der Waals surface area contributed by atoms with Crippen molar-refractivity contribution in [2.24, 2.45) is 0 Å². The smallest absolute Gasteiger partial charge is 0.339 e. The van der Waals surface area contributed by atoms with Gasteiger partial charge in [0.05, 0.1) is 7.11 Å². The molecule has 0 radical (unpaired) electrons. The van der Waals surface area contributed by atoms with E-state index in [-0.39, 0.29) is 11.5 Å². The second-order valence-electron chi connectivity index (χ2n) is 8.50. The highest BCUT2D eigenvalue weighted by Gasteiger charge is 2.22. The lowest BCUT2D eigenvalue weighted by molar-refractivity contribution is -0.133. The number of piperazine rings is 1.